The lowest BCUT2D eigenvalue weighted by molar-refractivity contribution is -0.137. The average Bonchev–Trinajstić information content (AvgIpc) is 2.57. The minimum absolute atomic E-state index is 0.0814. The van der Waals surface area contributed by atoms with Gasteiger partial charge in [0, 0.05) is 37.8 Å². The fraction of sp³-hybridized carbons (Fsp3) is 0.588. The fourth-order valence-electron chi connectivity index (χ4n) is 2.52. The van der Waals surface area contributed by atoms with Crippen LogP contribution < -0.4 is 10.2 Å². The van der Waals surface area contributed by atoms with E-state index >= 15 is 0 Å². The number of anilines is 1. The Kier molecular flexibility index (Phi) is 6.24. The third-order valence-electron chi connectivity index (χ3n) is 4.16. The van der Waals surface area contributed by atoms with Gasteiger partial charge in [-0.05, 0) is 6.07 Å². The molecule has 2 heterocycles. The Morgan fingerprint density at radius 3 is 2.26 bits per heavy atom. The maximum Gasteiger partial charge on any atom is 0.417 e. The van der Waals surface area contributed by atoms with E-state index in [1.54, 1.807) is 30.6 Å². The van der Waals surface area contributed by atoms with Crippen LogP contribution in [-0.4, -0.2) is 54.4 Å². The number of rotatable bonds is 3. The summed E-state index contributed by atoms with van der Waals surface area (Å²) in [6, 6.07) is 0.851. The number of nitrogens with zero attached hydrogens (tertiary/aromatic N) is 3. The quantitative estimate of drug-likeness (QED) is 0.838. The molecule has 0 aliphatic carbocycles. The SMILES string of the molecule is CC(C)(C)C(=O)NCC(=O)N1CCN(c2ncc(C(F)(F)F)cc2Cl)CC1. The molecular formula is C17H22ClF3N4O2. The molecule has 0 spiro atoms. The smallest absolute Gasteiger partial charge is 0.352 e. The van der Waals surface area contributed by atoms with E-state index in [1.165, 1.54) is 0 Å². The molecule has 0 saturated carbocycles. The number of pyridine rings is 1. The van der Waals surface area contributed by atoms with E-state index in [0.29, 0.717) is 26.2 Å². The fourth-order valence-corrected chi connectivity index (χ4v) is 2.80. The van der Waals surface area contributed by atoms with Crippen molar-refractivity contribution in [2.45, 2.75) is 26.9 Å². The van der Waals surface area contributed by atoms with Gasteiger partial charge in [0.1, 0.15) is 5.82 Å². The number of aromatic nitrogens is 1. The summed E-state index contributed by atoms with van der Waals surface area (Å²) in [6.07, 6.45) is -3.75. The lowest BCUT2D eigenvalue weighted by Gasteiger charge is -2.36. The van der Waals surface area contributed by atoms with Gasteiger partial charge in [0.05, 0.1) is 17.1 Å². The van der Waals surface area contributed by atoms with Gasteiger partial charge in [0.25, 0.3) is 0 Å². The first kappa shape index (κ1) is 21.3. The predicted molar refractivity (Wildman–Crippen MR) is 95.5 cm³/mol. The van der Waals surface area contributed by atoms with E-state index in [4.69, 9.17) is 11.6 Å². The number of carbonyl (C=O) groups excluding carboxylic acids is 2. The Bertz CT molecular complexity index is 711. The molecule has 0 bridgehead atoms. The molecule has 1 aliphatic rings. The minimum Gasteiger partial charge on any atom is -0.352 e. The number of hydrogen-bond acceptors (Lipinski definition) is 4. The summed E-state index contributed by atoms with van der Waals surface area (Å²) in [5.74, 6) is -0.160. The highest BCUT2D eigenvalue weighted by atomic mass is 35.5. The van der Waals surface area contributed by atoms with Gasteiger partial charge in [0.15, 0.2) is 0 Å². The maximum atomic E-state index is 12.7. The Hall–Kier alpha value is -2.03. The molecule has 1 aliphatic heterocycles. The maximum absolute atomic E-state index is 12.7. The summed E-state index contributed by atoms with van der Waals surface area (Å²) in [6.45, 7) is 6.68. The van der Waals surface area contributed by atoms with Gasteiger partial charge in [-0.15, -0.1) is 0 Å². The molecule has 0 aromatic carbocycles. The summed E-state index contributed by atoms with van der Waals surface area (Å²) in [5, 5.41) is 2.53. The van der Waals surface area contributed by atoms with Crippen molar-refractivity contribution in [2.75, 3.05) is 37.6 Å². The summed E-state index contributed by atoms with van der Waals surface area (Å²) in [7, 11) is 0. The molecule has 27 heavy (non-hydrogen) atoms. The number of carbonyl (C=O) groups is 2. The van der Waals surface area contributed by atoms with Crippen molar-refractivity contribution in [3.05, 3.63) is 22.8 Å². The minimum atomic E-state index is -4.50. The number of nitrogens with one attached hydrogen (secondary N) is 1. The van der Waals surface area contributed by atoms with E-state index in [0.717, 1.165) is 12.3 Å². The highest BCUT2D eigenvalue weighted by molar-refractivity contribution is 6.33. The number of amides is 2. The Morgan fingerprint density at radius 1 is 1.19 bits per heavy atom. The van der Waals surface area contributed by atoms with Crippen LogP contribution in [0.15, 0.2) is 12.3 Å². The molecule has 1 aromatic heterocycles. The summed E-state index contributed by atoms with van der Waals surface area (Å²) in [4.78, 5) is 31.2. The molecule has 2 rings (SSSR count). The third kappa shape index (κ3) is 5.47. The third-order valence-corrected chi connectivity index (χ3v) is 4.44. The molecule has 1 aromatic rings. The van der Waals surface area contributed by atoms with Gasteiger partial charge in [-0.3, -0.25) is 9.59 Å². The number of piperazine rings is 1. The Morgan fingerprint density at radius 2 is 1.78 bits per heavy atom. The first-order chi connectivity index (χ1) is 12.4. The summed E-state index contributed by atoms with van der Waals surface area (Å²) >= 11 is 5.96. The molecule has 2 amide bonds. The van der Waals surface area contributed by atoms with E-state index in [9.17, 15) is 22.8 Å². The first-order valence-corrected chi connectivity index (χ1v) is 8.81. The van der Waals surface area contributed by atoms with Crippen LogP contribution in [0.5, 0.6) is 0 Å². The zero-order chi connectivity index (χ0) is 20.4. The number of halogens is 4. The highest BCUT2D eigenvalue weighted by Gasteiger charge is 2.32. The van der Waals surface area contributed by atoms with Gasteiger partial charge in [0.2, 0.25) is 11.8 Å². The average molecular weight is 407 g/mol. The molecule has 10 heteroatoms. The molecule has 1 N–H and O–H groups in total. The first-order valence-electron chi connectivity index (χ1n) is 8.43. The lowest BCUT2D eigenvalue weighted by Crippen LogP contribution is -2.52. The van der Waals surface area contributed by atoms with Crippen molar-refractivity contribution in [1.29, 1.82) is 0 Å². The van der Waals surface area contributed by atoms with Crippen LogP contribution in [-0.2, 0) is 15.8 Å². The molecule has 0 unspecified atom stereocenters. The summed E-state index contributed by atoms with van der Waals surface area (Å²) < 4.78 is 38.1. The van der Waals surface area contributed by atoms with Crippen LogP contribution in [0.4, 0.5) is 19.0 Å². The van der Waals surface area contributed by atoms with Gasteiger partial charge < -0.3 is 15.1 Å². The van der Waals surface area contributed by atoms with E-state index in [2.05, 4.69) is 10.3 Å². The molecule has 150 valence electrons. The van der Waals surface area contributed by atoms with Crippen LogP contribution in [0.1, 0.15) is 26.3 Å². The van der Waals surface area contributed by atoms with Crippen LogP contribution in [0, 0.1) is 5.41 Å². The zero-order valence-corrected chi connectivity index (χ0v) is 16.1. The van der Waals surface area contributed by atoms with Crippen LogP contribution in [0.3, 0.4) is 0 Å². The second kappa shape index (κ2) is 7.92. The topological polar surface area (TPSA) is 65.5 Å². The molecule has 0 atom stereocenters. The van der Waals surface area contributed by atoms with Gasteiger partial charge in [-0.1, -0.05) is 32.4 Å². The van der Waals surface area contributed by atoms with Gasteiger partial charge in [-0.25, -0.2) is 4.98 Å². The second-order valence-electron chi connectivity index (χ2n) is 7.33. The molecule has 1 saturated heterocycles. The molecule has 1 fully saturated rings. The second-order valence-corrected chi connectivity index (χ2v) is 7.73. The van der Waals surface area contributed by atoms with E-state index in [1.807, 2.05) is 0 Å². The largest absolute Gasteiger partial charge is 0.417 e. The van der Waals surface area contributed by atoms with Crippen LogP contribution >= 0.6 is 11.6 Å². The van der Waals surface area contributed by atoms with Gasteiger partial charge in [-0.2, -0.15) is 13.2 Å². The van der Waals surface area contributed by atoms with E-state index in [-0.39, 0.29) is 29.2 Å². The van der Waals surface area contributed by atoms with Crippen LogP contribution in [0.25, 0.3) is 0 Å². The van der Waals surface area contributed by atoms with Gasteiger partial charge >= 0.3 is 6.18 Å². The standard InChI is InChI=1S/C17H22ClF3N4O2/c1-16(2,3)15(27)23-10-13(26)24-4-6-25(7-5-24)14-12(18)8-11(9-22-14)17(19,20)21/h8-9H,4-7,10H2,1-3H3,(H,23,27). The van der Waals surface area contributed by atoms with Crippen LogP contribution in [0.2, 0.25) is 5.02 Å². The Labute approximate surface area is 160 Å². The van der Waals surface area contributed by atoms with Crippen molar-refractivity contribution >= 4 is 29.2 Å². The predicted octanol–water partition coefficient (Wildman–Crippen LogP) is 2.56. The number of alkyl halides is 3. The van der Waals surface area contributed by atoms with Crippen molar-refractivity contribution in [3.63, 3.8) is 0 Å². The molecular weight excluding hydrogens is 385 g/mol. The van der Waals surface area contributed by atoms with Crippen molar-refractivity contribution in [1.82, 2.24) is 15.2 Å². The summed E-state index contributed by atoms with van der Waals surface area (Å²) in [5.41, 5.74) is -1.48. The van der Waals surface area contributed by atoms with Crippen molar-refractivity contribution < 1.29 is 22.8 Å². The van der Waals surface area contributed by atoms with E-state index < -0.39 is 17.2 Å². The van der Waals surface area contributed by atoms with Crippen molar-refractivity contribution in [2.24, 2.45) is 5.41 Å². The molecule has 6 nitrogen and oxygen atoms in total. The Balaban J connectivity index is 1.92. The highest BCUT2D eigenvalue weighted by Crippen LogP contribution is 2.33. The van der Waals surface area contributed by atoms with Crippen molar-refractivity contribution in [3.8, 4) is 0 Å². The monoisotopic (exact) mass is 406 g/mol. The zero-order valence-electron chi connectivity index (χ0n) is 15.4. The number of hydrogen-bond donors (Lipinski definition) is 1. The normalized spacial score (nSPS) is 15.7. The lowest BCUT2D eigenvalue weighted by atomic mass is 9.96. The molecule has 0 radical (unpaired) electrons.